The van der Waals surface area contributed by atoms with Crippen LogP contribution in [0, 0.1) is 0 Å². The van der Waals surface area contributed by atoms with Crippen LogP contribution >= 0.6 is 11.3 Å². The standard InChI is InChI=1S/C11H18N2OS/c1-8(2)9-4-5-10(15-9)11(14)13-7-3-6-12/h4-5,8H,3,6-7,12H2,1-2H3,(H,13,14). The maximum Gasteiger partial charge on any atom is 0.261 e. The van der Waals surface area contributed by atoms with E-state index in [4.69, 9.17) is 5.73 Å². The van der Waals surface area contributed by atoms with E-state index in [9.17, 15) is 4.79 Å². The largest absolute Gasteiger partial charge is 0.351 e. The van der Waals surface area contributed by atoms with Crippen molar-refractivity contribution in [3.63, 3.8) is 0 Å². The van der Waals surface area contributed by atoms with Gasteiger partial charge in [0, 0.05) is 11.4 Å². The van der Waals surface area contributed by atoms with E-state index in [1.54, 1.807) is 11.3 Å². The molecule has 0 radical (unpaired) electrons. The second-order valence-corrected chi connectivity index (χ2v) is 4.87. The molecule has 0 aliphatic heterocycles. The van der Waals surface area contributed by atoms with E-state index in [0.29, 0.717) is 19.0 Å². The lowest BCUT2D eigenvalue weighted by atomic mass is 10.2. The summed E-state index contributed by atoms with van der Waals surface area (Å²) in [6.07, 6.45) is 0.828. The molecule has 3 nitrogen and oxygen atoms in total. The van der Waals surface area contributed by atoms with Gasteiger partial charge in [0.1, 0.15) is 0 Å². The molecule has 1 rings (SSSR count). The summed E-state index contributed by atoms with van der Waals surface area (Å²) in [7, 11) is 0. The number of hydrogen-bond donors (Lipinski definition) is 2. The first-order valence-electron chi connectivity index (χ1n) is 5.23. The number of thiophene rings is 1. The van der Waals surface area contributed by atoms with Gasteiger partial charge in [-0.15, -0.1) is 11.3 Å². The van der Waals surface area contributed by atoms with Gasteiger partial charge in [0.05, 0.1) is 4.88 Å². The summed E-state index contributed by atoms with van der Waals surface area (Å²) in [5.74, 6) is 0.501. The highest BCUT2D eigenvalue weighted by Crippen LogP contribution is 2.23. The molecule has 0 saturated heterocycles. The van der Waals surface area contributed by atoms with E-state index < -0.39 is 0 Å². The molecule has 3 N–H and O–H groups in total. The Kier molecular flexibility index (Phi) is 4.78. The fraction of sp³-hybridized carbons (Fsp3) is 0.545. The number of hydrogen-bond acceptors (Lipinski definition) is 3. The topological polar surface area (TPSA) is 55.1 Å². The Bertz CT molecular complexity index is 320. The first kappa shape index (κ1) is 12.2. The van der Waals surface area contributed by atoms with Crippen LogP contribution in [0.1, 0.15) is 40.7 Å². The summed E-state index contributed by atoms with van der Waals surface area (Å²) in [5, 5.41) is 2.84. The molecule has 0 saturated carbocycles. The van der Waals surface area contributed by atoms with Crippen molar-refractivity contribution in [2.45, 2.75) is 26.2 Å². The van der Waals surface area contributed by atoms with Crippen molar-refractivity contribution in [3.05, 3.63) is 21.9 Å². The summed E-state index contributed by atoms with van der Waals surface area (Å²) in [6.45, 7) is 5.52. The van der Waals surface area contributed by atoms with Gasteiger partial charge >= 0.3 is 0 Å². The molecule has 1 heterocycles. The molecule has 0 atom stereocenters. The van der Waals surface area contributed by atoms with Gasteiger partial charge < -0.3 is 11.1 Å². The maximum absolute atomic E-state index is 11.6. The van der Waals surface area contributed by atoms with Crippen LogP contribution in [0.4, 0.5) is 0 Å². The number of nitrogens with one attached hydrogen (secondary N) is 1. The third kappa shape index (κ3) is 3.64. The Morgan fingerprint density at radius 1 is 1.53 bits per heavy atom. The Labute approximate surface area is 94.7 Å². The SMILES string of the molecule is CC(C)c1ccc(C(=O)NCCCN)s1. The minimum Gasteiger partial charge on any atom is -0.351 e. The van der Waals surface area contributed by atoms with Gasteiger partial charge in [-0.25, -0.2) is 0 Å². The zero-order valence-electron chi connectivity index (χ0n) is 9.25. The highest BCUT2D eigenvalue weighted by Gasteiger charge is 2.09. The van der Waals surface area contributed by atoms with Gasteiger partial charge in [-0.2, -0.15) is 0 Å². The molecule has 4 heteroatoms. The molecule has 15 heavy (non-hydrogen) atoms. The maximum atomic E-state index is 11.6. The lowest BCUT2D eigenvalue weighted by Crippen LogP contribution is -2.25. The van der Waals surface area contributed by atoms with Gasteiger partial charge in [-0.1, -0.05) is 13.8 Å². The Morgan fingerprint density at radius 3 is 2.80 bits per heavy atom. The van der Waals surface area contributed by atoms with Crippen molar-refractivity contribution < 1.29 is 4.79 Å². The molecule has 0 bridgehead atoms. The third-order valence-corrected chi connectivity index (χ3v) is 3.47. The van der Waals surface area contributed by atoms with Gasteiger partial charge in [0.15, 0.2) is 0 Å². The number of carbonyl (C=O) groups excluding carboxylic acids is 1. The van der Waals surface area contributed by atoms with Crippen LogP contribution in [-0.2, 0) is 0 Å². The average molecular weight is 226 g/mol. The average Bonchev–Trinajstić information content (AvgIpc) is 2.66. The minimum absolute atomic E-state index is 0.0142. The lowest BCUT2D eigenvalue weighted by molar-refractivity contribution is 0.0957. The zero-order chi connectivity index (χ0) is 11.3. The first-order chi connectivity index (χ1) is 7.15. The van der Waals surface area contributed by atoms with Crippen molar-refractivity contribution >= 4 is 17.2 Å². The third-order valence-electron chi connectivity index (χ3n) is 2.09. The fourth-order valence-electron chi connectivity index (χ4n) is 1.18. The van der Waals surface area contributed by atoms with E-state index in [2.05, 4.69) is 19.2 Å². The van der Waals surface area contributed by atoms with Crippen LogP contribution in [0.5, 0.6) is 0 Å². The highest BCUT2D eigenvalue weighted by atomic mass is 32.1. The summed E-state index contributed by atoms with van der Waals surface area (Å²) >= 11 is 1.56. The monoisotopic (exact) mass is 226 g/mol. The predicted molar refractivity (Wildman–Crippen MR) is 64.4 cm³/mol. The molecule has 1 amide bonds. The quantitative estimate of drug-likeness (QED) is 0.754. The Morgan fingerprint density at radius 2 is 2.27 bits per heavy atom. The fourth-order valence-corrected chi connectivity index (χ4v) is 2.10. The molecule has 0 spiro atoms. The Balaban J connectivity index is 2.51. The van der Waals surface area contributed by atoms with Crippen molar-refractivity contribution in [2.75, 3.05) is 13.1 Å². The second-order valence-electron chi connectivity index (χ2n) is 3.75. The molecule has 0 aliphatic rings. The lowest BCUT2D eigenvalue weighted by Gasteiger charge is -2.01. The Hall–Kier alpha value is -0.870. The van der Waals surface area contributed by atoms with E-state index in [1.165, 1.54) is 4.88 Å². The molecular formula is C11H18N2OS. The van der Waals surface area contributed by atoms with Crippen LogP contribution in [0.2, 0.25) is 0 Å². The highest BCUT2D eigenvalue weighted by molar-refractivity contribution is 7.14. The molecule has 0 aliphatic carbocycles. The smallest absolute Gasteiger partial charge is 0.261 e. The van der Waals surface area contributed by atoms with Crippen LogP contribution in [0.3, 0.4) is 0 Å². The van der Waals surface area contributed by atoms with Crippen molar-refractivity contribution in [2.24, 2.45) is 5.73 Å². The van der Waals surface area contributed by atoms with Crippen molar-refractivity contribution in [3.8, 4) is 0 Å². The molecule has 1 aromatic heterocycles. The molecule has 84 valence electrons. The predicted octanol–water partition coefficient (Wildman–Crippen LogP) is 1.95. The van der Waals surface area contributed by atoms with Crippen LogP contribution in [0.15, 0.2) is 12.1 Å². The molecule has 0 aromatic carbocycles. The molecule has 1 aromatic rings. The van der Waals surface area contributed by atoms with Crippen molar-refractivity contribution in [1.82, 2.24) is 5.32 Å². The van der Waals surface area contributed by atoms with E-state index in [0.717, 1.165) is 11.3 Å². The van der Waals surface area contributed by atoms with Gasteiger partial charge in [0.25, 0.3) is 5.91 Å². The number of rotatable bonds is 5. The molecule has 0 fully saturated rings. The number of amides is 1. The van der Waals surface area contributed by atoms with E-state index >= 15 is 0 Å². The summed E-state index contributed by atoms with van der Waals surface area (Å²) < 4.78 is 0. The van der Waals surface area contributed by atoms with E-state index in [1.807, 2.05) is 12.1 Å². The number of nitrogens with two attached hydrogens (primary N) is 1. The van der Waals surface area contributed by atoms with E-state index in [-0.39, 0.29) is 5.91 Å². The van der Waals surface area contributed by atoms with Gasteiger partial charge in [0.2, 0.25) is 0 Å². The summed E-state index contributed by atoms with van der Waals surface area (Å²) in [6, 6.07) is 3.91. The van der Waals surface area contributed by atoms with Crippen LogP contribution < -0.4 is 11.1 Å². The zero-order valence-corrected chi connectivity index (χ0v) is 10.1. The minimum atomic E-state index is 0.0142. The molecule has 0 unspecified atom stereocenters. The van der Waals surface area contributed by atoms with Gasteiger partial charge in [-0.3, -0.25) is 4.79 Å². The summed E-state index contributed by atoms with van der Waals surface area (Å²) in [4.78, 5) is 13.7. The molecular weight excluding hydrogens is 208 g/mol. The summed E-state index contributed by atoms with van der Waals surface area (Å²) in [5.41, 5.74) is 5.35. The van der Waals surface area contributed by atoms with Gasteiger partial charge in [-0.05, 0) is 31.0 Å². The van der Waals surface area contributed by atoms with Crippen LogP contribution in [-0.4, -0.2) is 19.0 Å². The first-order valence-corrected chi connectivity index (χ1v) is 6.04. The van der Waals surface area contributed by atoms with Crippen molar-refractivity contribution in [1.29, 1.82) is 0 Å². The second kappa shape index (κ2) is 5.88. The normalized spacial score (nSPS) is 10.7. The number of carbonyl (C=O) groups is 1. The van der Waals surface area contributed by atoms with Crippen LogP contribution in [0.25, 0.3) is 0 Å².